The fraction of sp³-hybridized carbons (Fsp3) is 0.355. The first kappa shape index (κ1) is 57.8. The Hall–Kier alpha value is -7.93. The number of rotatable bonds is 14. The van der Waals surface area contributed by atoms with Gasteiger partial charge in [0.05, 0.1) is 76.7 Å². The standard InChI is InChI=1S/C62H68N4O10Si2/c1-35-43(23-27-47(67)73-5)57-61(71)58-45(25-29-49(69)75-7)37(3)55(65-58)52(42-21-17-40(18-22-42)32-34-78(12,13)14)56-38(4)46(26-30-50(70)76-8)60(66-56)62(72)59-44(24-28-48(68)74-6)36(2)54(64-59)51(53(35)63-57)41-19-15-39(16-20-41)31-33-77(9,10)11/h15-22H,23-30H2,1-14H3,(H2-2,63,64,65,66,71,72). The van der Waals surface area contributed by atoms with E-state index in [1.807, 2.05) is 76.2 Å². The zero-order valence-corrected chi connectivity index (χ0v) is 49.3. The maximum Gasteiger partial charge on any atom is 0.305 e. The highest BCUT2D eigenvalue weighted by atomic mass is 28.3. The molecule has 78 heavy (non-hydrogen) atoms. The number of ether oxygens (including phenoxy) is 4. The van der Waals surface area contributed by atoms with Crippen molar-refractivity contribution in [1.82, 2.24) is 9.97 Å². The molecule has 2 aromatic carbocycles. The Morgan fingerprint density at radius 1 is 0.487 bits per heavy atom. The van der Waals surface area contributed by atoms with E-state index in [1.165, 1.54) is 28.4 Å². The van der Waals surface area contributed by atoms with E-state index in [1.54, 1.807) is 0 Å². The van der Waals surface area contributed by atoms with Gasteiger partial charge < -0.3 is 29.6 Å². The molecule has 16 heteroatoms. The van der Waals surface area contributed by atoms with Crippen molar-refractivity contribution in [2.45, 2.75) is 118 Å². The molecular weight excluding hydrogens is 1020 g/mol. The Morgan fingerprint density at radius 2 is 0.795 bits per heavy atom. The molecule has 5 heterocycles. The van der Waals surface area contributed by atoms with Crippen molar-refractivity contribution in [3.05, 3.63) is 172 Å². The average molecular weight is 1090 g/mol. The summed E-state index contributed by atoms with van der Waals surface area (Å²) in [5.74, 6) is 3.77. The molecule has 14 nitrogen and oxygen atoms in total. The molecule has 0 unspecified atom stereocenters. The van der Waals surface area contributed by atoms with Crippen molar-refractivity contribution in [1.29, 1.82) is 0 Å². The summed E-state index contributed by atoms with van der Waals surface area (Å²) in [4.78, 5) is 90.8. The minimum atomic E-state index is -1.75. The van der Waals surface area contributed by atoms with Crippen molar-refractivity contribution >= 4 is 62.7 Å². The van der Waals surface area contributed by atoms with Crippen LogP contribution < -0.4 is 0 Å². The number of hydrogen-bond acceptors (Lipinski definition) is 10. The van der Waals surface area contributed by atoms with Crippen molar-refractivity contribution in [2.24, 2.45) is 0 Å². The van der Waals surface area contributed by atoms with Gasteiger partial charge in [-0.1, -0.05) is 86.8 Å². The Kier molecular flexibility index (Phi) is 17.6. The molecule has 0 atom stereocenters. The molecule has 0 fully saturated rings. The number of carbonyl (C=O) groups excluding carboxylic acids is 6. The Labute approximate surface area is 460 Å². The molecule has 0 saturated carbocycles. The molecule has 404 valence electrons. The minimum Gasteiger partial charge on any atom is -0.581 e. The molecule has 0 amide bonds. The van der Waals surface area contributed by atoms with E-state index in [0.717, 1.165) is 11.1 Å². The van der Waals surface area contributed by atoms with Crippen molar-refractivity contribution < 1.29 is 47.7 Å². The predicted octanol–water partition coefficient (Wildman–Crippen LogP) is 11.6. The number of aromatic nitrogens is 2. The van der Waals surface area contributed by atoms with Gasteiger partial charge in [0.2, 0.25) is 0 Å². The highest BCUT2D eigenvalue weighted by Crippen LogP contribution is 2.52. The lowest BCUT2D eigenvalue weighted by atomic mass is 9.90. The van der Waals surface area contributed by atoms with Crippen LogP contribution >= 0.6 is 0 Å². The number of carbonyl (C=O) groups is 6. The summed E-state index contributed by atoms with van der Waals surface area (Å²) in [5.41, 5.74) is 17.6. The van der Waals surface area contributed by atoms with Gasteiger partial charge in [0, 0.05) is 83.3 Å². The smallest absolute Gasteiger partial charge is 0.305 e. The summed E-state index contributed by atoms with van der Waals surface area (Å²) in [5, 5.41) is 10.6. The van der Waals surface area contributed by atoms with Gasteiger partial charge in [-0.25, -0.2) is 0 Å². The molecule has 2 aromatic heterocycles. The third-order valence-electron chi connectivity index (χ3n) is 14.0. The number of hydrogen-bond donors (Lipinski definition) is 2. The van der Waals surface area contributed by atoms with Gasteiger partial charge in [0.1, 0.15) is 16.1 Å². The number of nitrogens with zero attached hydrogens (tertiary/aromatic N) is 2. The van der Waals surface area contributed by atoms with Gasteiger partial charge in [-0.15, -0.1) is 11.1 Å². The molecule has 3 aliphatic heterocycles. The van der Waals surface area contributed by atoms with Gasteiger partial charge in [0.15, 0.2) is 11.4 Å². The molecular formula is C62H68N4O10Si2. The van der Waals surface area contributed by atoms with Gasteiger partial charge in [-0.2, -0.15) is 0 Å². The van der Waals surface area contributed by atoms with Crippen LogP contribution in [-0.2, 0) is 51.0 Å². The lowest BCUT2D eigenvalue weighted by Gasteiger charge is -2.24. The Balaban J connectivity index is 1.62. The molecule has 0 aliphatic carbocycles. The first-order valence-corrected chi connectivity index (χ1v) is 33.0. The second-order valence-electron chi connectivity index (χ2n) is 21.6. The summed E-state index contributed by atoms with van der Waals surface area (Å²) < 4.78 is 20.5. The SMILES string of the molecule is COC(=O)CCC1=C(C)/C2=C(\c3ccc(C#C[Si](C)(C)C)cc3)c3[nH]c(c(CCC(=O)OC)c3C)C(=O)[C+]3[N-]/C(=C(/c4ccc(C#C[Si](C)(C)C)cc4)c4[nH]c(c(CCC(=O)OC)c4C)C(=O)[C+]1[N-]2)C(C)=C3CCC(=O)OC. The maximum absolute atomic E-state index is 15.9. The summed E-state index contributed by atoms with van der Waals surface area (Å²) in [6, 6.07) is 15.5. The van der Waals surface area contributed by atoms with E-state index < -0.39 is 51.6 Å². The number of nitrogens with one attached hydrogen (secondary N) is 2. The zero-order valence-electron chi connectivity index (χ0n) is 47.3. The molecule has 8 bridgehead atoms. The number of Topliss-reactive ketones (excluding diaryl/α,β-unsaturated/α-hetero) is 2. The predicted molar refractivity (Wildman–Crippen MR) is 307 cm³/mol. The van der Waals surface area contributed by atoms with Crippen molar-refractivity contribution in [3.8, 4) is 22.9 Å². The maximum atomic E-state index is 15.9. The van der Waals surface area contributed by atoms with Crippen molar-refractivity contribution in [2.75, 3.05) is 28.4 Å². The highest BCUT2D eigenvalue weighted by molar-refractivity contribution is 6.84. The largest absolute Gasteiger partial charge is 0.581 e. The lowest BCUT2D eigenvalue weighted by molar-refractivity contribution is -0.141. The van der Waals surface area contributed by atoms with Crippen LogP contribution in [0.4, 0.5) is 0 Å². The first-order valence-electron chi connectivity index (χ1n) is 26.0. The number of benzene rings is 2. The molecule has 7 rings (SSSR count). The van der Waals surface area contributed by atoms with Crippen LogP contribution in [0.3, 0.4) is 0 Å². The van der Waals surface area contributed by atoms with Crippen LogP contribution in [0, 0.1) is 48.9 Å². The third-order valence-corrected chi connectivity index (χ3v) is 15.7. The molecule has 3 aliphatic rings. The van der Waals surface area contributed by atoms with E-state index in [0.29, 0.717) is 89.6 Å². The number of esters is 4. The first-order chi connectivity index (χ1) is 36.9. The topological polar surface area (TPSA) is 199 Å². The highest BCUT2D eigenvalue weighted by Gasteiger charge is 2.42. The Morgan fingerprint density at radius 3 is 1.09 bits per heavy atom. The molecule has 4 aromatic rings. The Bertz CT molecular complexity index is 3140. The molecule has 0 spiro atoms. The summed E-state index contributed by atoms with van der Waals surface area (Å²) in [6.07, 6.45) is 0.124. The second-order valence-corrected chi connectivity index (χ2v) is 31.1. The van der Waals surface area contributed by atoms with E-state index in [9.17, 15) is 19.2 Å². The fourth-order valence-electron chi connectivity index (χ4n) is 9.73. The number of fused-ring (bicyclic) bond motifs is 8. The van der Waals surface area contributed by atoms with Crippen LogP contribution in [0.5, 0.6) is 0 Å². The van der Waals surface area contributed by atoms with Crippen LogP contribution in [0.15, 0.2) is 82.2 Å². The van der Waals surface area contributed by atoms with Gasteiger partial charge in [0.25, 0.3) is 11.6 Å². The van der Waals surface area contributed by atoms with Gasteiger partial charge >= 0.3 is 23.9 Å². The van der Waals surface area contributed by atoms with E-state index >= 15 is 9.59 Å². The lowest BCUT2D eigenvalue weighted by Crippen LogP contribution is -2.16. The number of methoxy groups -OCH3 is 4. The average Bonchev–Trinajstić information content (AvgIpc) is 4.14. The van der Waals surface area contributed by atoms with Gasteiger partial charge in [-0.05, 0) is 73.2 Å². The summed E-state index contributed by atoms with van der Waals surface area (Å²) in [6.45, 7) is 20.5. The van der Waals surface area contributed by atoms with Crippen LogP contribution in [0.2, 0.25) is 39.3 Å². The summed E-state index contributed by atoms with van der Waals surface area (Å²) >= 11 is 0. The number of allylic oxidation sites excluding steroid dienone is 2. The quantitative estimate of drug-likeness (QED) is 0.0403. The van der Waals surface area contributed by atoms with E-state index in [-0.39, 0.29) is 74.8 Å². The number of ketones is 2. The second kappa shape index (κ2) is 23.8. The molecule has 0 radical (unpaired) electrons. The minimum absolute atomic E-state index is 0.0602. The van der Waals surface area contributed by atoms with Crippen LogP contribution in [-0.4, -0.2) is 90.0 Å². The van der Waals surface area contributed by atoms with Crippen molar-refractivity contribution in [3.63, 3.8) is 0 Å². The number of H-pyrrole nitrogens is 2. The third kappa shape index (κ3) is 12.6. The number of aromatic amines is 2. The molecule has 0 saturated heterocycles. The van der Waals surface area contributed by atoms with Crippen LogP contribution in [0.1, 0.15) is 129 Å². The monoisotopic (exact) mass is 1080 g/mol. The molecule has 2 N–H and O–H groups in total. The van der Waals surface area contributed by atoms with Gasteiger partial charge in [-0.3, -0.25) is 38.7 Å². The van der Waals surface area contributed by atoms with E-state index in [2.05, 4.69) is 72.2 Å². The normalized spacial score (nSPS) is 16.3. The summed E-state index contributed by atoms with van der Waals surface area (Å²) in [7, 11) is 1.74. The fourth-order valence-corrected chi connectivity index (χ4v) is 10.8. The van der Waals surface area contributed by atoms with E-state index in [4.69, 9.17) is 29.6 Å². The van der Waals surface area contributed by atoms with Crippen LogP contribution in [0.25, 0.3) is 21.8 Å². The zero-order chi connectivity index (χ0) is 57.0.